The Morgan fingerprint density at radius 2 is 1.77 bits per heavy atom. The molecule has 0 aromatic carbocycles. The van der Waals surface area contributed by atoms with Crippen molar-refractivity contribution in [2.45, 2.75) is 80.2 Å². The maximum absolute atomic E-state index is 12.4. The number of methoxy groups -OCH3 is 3. The van der Waals surface area contributed by atoms with Crippen molar-refractivity contribution < 1.29 is 29.5 Å². The molecule has 0 unspecified atom stereocenters. The highest BCUT2D eigenvalue weighted by Gasteiger charge is 2.88. The van der Waals surface area contributed by atoms with Crippen molar-refractivity contribution in [3.8, 4) is 0 Å². The molecule has 7 bridgehead atoms. The molecule has 170 valence electrons. The standard InChI is InChI=1S/C23H37NO6/c1-5-24-11-20(25)7-6-17(29-3)22-15(20)9-13(18(22)24)21(26)10-14(28-2)12-8-16(22)23(21,27)19(12)30-4/h12-19,25-27H,5-11H2,1-4H3/t12-,13+,14-,15-,16+,17+,18-,19-,20-,21+,22-,23+/m1/s1. The summed E-state index contributed by atoms with van der Waals surface area (Å²) in [4.78, 5) is 2.40. The van der Waals surface area contributed by atoms with Crippen molar-refractivity contribution in [1.82, 2.24) is 4.90 Å². The monoisotopic (exact) mass is 423 g/mol. The highest BCUT2D eigenvalue weighted by Crippen LogP contribution is 2.78. The molecule has 0 aromatic rings. The van der Waals surface area contributed by atoms with Gasteiger partial charge in [0, 0.05) is 63.5 Å². The van der Waals surface area contributed by atoms with Crippen LogP contribution in [-0.4, -0.2) is 95.8 Å². The molecule has 1 saturated heterocycles. The van der Waals surface area contributed by atoms with Gasteiger partial charge >= 0.3 is 0 Å². The summed E-state index contributed by atoms with van der Waals surface area (Å²) in [6.45, 7) is 3.62. The molecule has 1 spiro atoms. The zero-order chi connectivity index (χ0) is 21.3. The molecule has 5 aliphatic carbocycles. The van der Waals surface area contributed by atoms with Gasteiger partial charge in [0.2, 0.25) is 0 Å². The van der Waals surface area contributed by atoms with Gasteiger partial charge in [0.25, 0.3) is 0 Å². The summed E-state index contributed by atoms with van der Waals surface area (Å²) in [6.07, 6.45) is 2.77. The number of hydrogen-bond acceptors (Lipinski definition) is 7. The molecule has 7 heteroatoms. The van der Waals surface area contributed by atoms with Crippen molar-refractivity contribution in [2.75, 3.05) is 34.4 Å². The fourth-order valence-electron chi connectivity index (χ4n) is 10.3. The van der Waals surface area contributed by atoms with Crippen LogP contribution in [0, 0.1) is 29.1 Å². The van der Waals surface area contributed by atoms with Crippen molar-refractivity contribution in [3.63, 3.8) is 0 Å². The molecule has 0 radical (unpaired) electrons. The van der Waals surface area contributed by atoms with E-state index in [1.807, 2.05) is 0 Å². The molecule has 3 N–H and O–H groups in total. The fraction of sp³-hybridized carbons (Fsp3) is 1.00. The molecule has 6 rings (SSSR count). The minimum Gasteiger partial charge on any atom is -0.388 e. The minimum atomic E-state index is -1.34. The molecule has 6 fully saturated rings. The Kier molecular flexibility index (Phi) is 4.06. The number of β-amino-alcohol motifs (C(OH)–C–C–N with tert-alkyl or cyclic N) is 1. The van der Waals surface area contributed by atoms with Gasteiger partial charge in [-0.2, -0.15) is 0 Å². The van der Waals surface area contributed by atoms with Gasteiger partial charge in [0.15, 0.2) is 0 Å². The summed E-state index contributed by atoms with van der Waals surface area (Å²) in [5.41, 5.74) is -3.81. The summed E-state index contributed by atoms with van der Waals surface area (Å²) < 4.78 is 18.0. The summed E-state index contributed by atoms with van der Waals surface area (Å²) in [6, 6.07) is 0.0974. The van der Waals surface area contributed by atoms with Gasteiger partial charge in [-0.3, -0.25) is 4.90 Å². The smallest absolute Gasteiger partial charge is 0.124 e. The van der Waals surface area contributed by atoms with E-state index < -0.39 is 22.9 Å². The Morgan fingerprint density at radius 1 is 1.00 bits per heavy atom. The average Bonchev–Trinajstić information content (AvgIpc) is 3.16. The van der Waals surface area contributed by atoms with Gasteiger partial charge in [-0.05, 0) is 38.1 Å². The summed E-state index contributed by atoms with van der Waals surface area (Å²) in [5, 5.41) is 36.8. The second-order valence-corrected chi connectivity index (χ2v) is 11.1. The van der Waals surface area contributed by atoms with Crippen molar-refractivity contribution in [2.24, 2.45) is 29.1 Å². The lowest BCUT2D eigenvalue weighted by atomic mass is 9.44. The number of rotatable bonds is 4. The van der Waals surface area contributed by atoms with E-state index in [0.717, 1.165) is 32.2 Å². The number of fused-ring (bicyclic) bond motifs is 2. The lowest BCUT2D eigenvalue weighted by molar-refractivity contribution is -0.338. The average molecular weight is 424 g/mol. The molecular formula is C23H37NO6. The topological polar surface area (TPSA) is 91.6 Å². The molecule has 1 aliphatic heterocycles. The molecule has 0 amide bonds. The summed E-state index contributed by atoms with van der Waals surface area (Å²) in [7, 11) is 5.13. The summed E-state index contributed by atoms with van der Waals surface area (Å²) >= 11 is 0. The van der Waals surface area contributed by atoms with E-state index in [0.29, 0.717) is 13.0 Å². The second-order valence-electron chi connectivity index (χ2n) is 11.1. The van der Waals surface area contributed by atoms with E-state index in [9.17, 15) is 15.3 Å². The van der Waals surface area contributed by atoms with Gasteiger partial charge in [0.1, 0.15) is 11.2 Å². The molecule has 5 saturated carbocycles. The first kappa shape index (κ1) is 20.3. The number of hydrogen-bond donors (Lipinski definition) is 3. The Hall–Kier alpha value is -0.280. The molecule has 12 atom stereocenters. The number of nitrogens with zero attached hydrogens (tertiary/aromatic N) is 1. The zero-order valence-electron chi connectivity index (χ0n) is 18.6. The maximum atomic E-state index is 12.4. The molecule has 6 aliphatic rings. The van der Waals surface area contributed by atoms with Crippen LogP contribution in [0.15, 0.2) is 0 Å². The van der Waals surface area contributed by atoms with Gasteiger partial charge in [-0.15, -0.1) is 0 Å². The molecule has 7 nitrogen and oxygen atoms in total. The second kappa shape index (κ2) is 5.99. The van der Waals surface area contributed by atoms with E-state index in [2.05, 4.69) is 11.8 Å². The number of likely N-dealkylation sites (tertiary alicyclic amines) is 1. The van der Waals surface area contributed by atoms with Crippen LogP contribution in [0.1, 0.15) is 39.0 Å². The molecular weight excluding hydrogens is 386 g/mol. The third-order valence-electron chi connectivity index (χ3n) is 10.9. The van der Waals surface area contributed by atoms with E-state index >= 15 is 0 Å². The van der Waals surface area contributed by atoms with Crippen LogP contribution in [0.3, 0.4) is 0 Å². The normalized spacial score (nSPS) is 63.3. The molecule has 1 heterocycles. The van der Waals surface area contributed by atoms with Gasteiger partial charge in [0.05, 0.1) is 23.9 Å². The maximum Gasteiger partial charge on any atom is 0.124 e. The Morgan fingerprint density at radius 3 is 2.40 bits per heavy atom. The quantitative estimate of drug-likeness (QED) is 0.603. The highest BCUT2D eigenvalue weighted by atomic mass is 16.5. The van der Waals surface area contributed by atoms with E-state index in [1.54, 1.807) is 21.3 Å². The number of ether oxygens (including phenoxy) is 3. The number of likely N-dealkylation sites (N-methyl/N-ethyl adjacent to an activating group) is 1. The van der Waals surface area contributed by atoms with Crippen LogP contribution >= 0.6 is 0 Å². The Labute approximate surface area is 178 Å². The van der Waals surface area contributed by atoms with Crippen molar-refractivity contribution in [3.05, 3.63) is 0 Å². The lowest BCUT2D eigenvalue weighted by Gasteiger charge is -2.70. The van der Waals surface area contributed by atoms with Gasteiger partial charge in [-0.25, -0.2) is 0 Å². The zero-order valence-corrected chi connectivity index (χ0v) is 18.6. The van der Waals surface area contributed by atoms with Crippen LogP contribution < -0.4 is 0 Å². The highest BCUT2D eigenvalue weighted by molar-refractivity contribution is 5.38. The SMILES string of the molecule is CCN1C[C@]2(O)CC[C@H](OC)[C@]34[C@@H]2C[C@@H]([C@@H]13)[C@@]1(O)C[C@@H](OC)[C@H]2C[C@@H]4[C@]1(O)[C@@H]2OC. The minimum absolute atomic E-state index is 0.0300. The molecule has 0 aromatic heterocycles. The van der Waals surface area contributed by atoms with Gasteiger partial charge < -0.3 is 29.5 Å². The predicted octanol–water partition coefficient (Wildman–Crippen LogP) is 0.399. The van der Waals surface area contributed by atoms with E-state index in [4.69, 9.17) is 14.2 Å². The Balaban J connectivity index is 1.63. The predicted molar refractivity (Wildman–Crippen MR) is 108 cm³/mol. The van der Waals surface area contributed by atoms with Crippen molar-refractivity contribution in [1.29, 1.82) is 0 Å². The summed E-state index contributed by atoms with van der Waals surface area (Å²) in [5.74, 6) is -0.262. The largest absolute Gasteiger partial charge is 0.388 e. The Bertz CT molecular complexity index is 751. The van der Waals surface area contributed by atoms with Crippen LogP contribution in [0.2, 0.25) is 0 Å². The first-order valence-corrected chi connectivity index (χ1v) is 11.8. The van der Waals surface area contributed by atoms with Crippen LogP contribution in [0.4, 0.5) is 0 Å². The third-order valence-corrected chi connectivity index (χ3v) is 10.9. The van der Waals surface area contributed by atoms with Crippen LogP contribution in [-0.2, 0) is 14.2 Å². The third kappa shape index (κ3) is 1.80. The lowest BCUT2D eigenvalue weighted by Crippen LogP contribution is -2.83. The fourth-order valence-corrected chi connectivity index (χ4v) is 10.3. The number of piperidine rings is 1. The van der Waals surface area contributed by atoms with Crippen molar-refractivity contribution >= 4 is 0 Å². The van der Waals surface area contributed by atoms with Crippen LogP contribution in [0.25, 0.3) is 0 Å². The van der Waals surface area contributed by atoms with Crippen LogP contribution in [0.5, 0.6) is 0 Å². The van der Waals surface area contributed by atoms with E-state index in [1.165, 1.54) is 0 Å². The number of aliphatic hydroxyl groups is 3. The first-order valence-electron chi connectivity index (χ1n) is 11.8. The van der Waals surface area contributed by atoms with E-state index in [-0.39, 0.29) is 47.3 Å². The van der Waals surface area contributed by atoms with Gasteiger partial charge in [-0.1, -0.05) is 6.92 Å². The molecule has 30 heavy (non-hydrogen) atoms. The first-order chi connectivity index (χ1) is 14.3.